The van der Waals surface area contributed by atoms with Crippen molar-refractivity contribution < 1.29 is 4.39 Å². The van der Waals surface area contributed by atoms with Crippen LogP contribution in [0.5, 0.6) is 0 Å². The lowest BCUT2D eigenvalue weighted by atomic mass is 10.0. The van der Waals surface area contributed by atoms with E-state index in [1.807, 2.05) is 12.3 Å². The predicted molar refractivity (Wildman–Crippen MR) is 52.3 cm³/mol. The quantitative estimate of drug-likeness (QED) is 0.686. The molecule has 2 rings (SSSR count). The maximum atomic E-state index is 13.4. The second kappa shape index (κ2) is 2.87. The third-order valence-corrected chi connectivity index (χ3v) is 2.31. The number of rotatable bonds is 1. The van der Waals surface area contributed by atoms with Crippen LogP contribution in [0.2, 0.25) is 0 Å². The second-order valence-corrected chi connectivity index (χ2v) is 3.56. The minimum absolute atomic E-state index is 0.137. The minimum Gasteiger partial charge on any atom is -0.361 e. The molecule has 1 aromatic heterocycles. The fraction of sp³-hybridized carbons (Fsp3) is 0.273. The summed E-state index contributed by atoms with van der Waals surface area (Å²) in [6.07, 6.45) is 1.89. The van der Waals surface area contributed by atoms with E-state index in [1.54, 1.807) is 6.07 Å². The molecule has 1 aromatic carbocycles. The first-order valence-electron chi connectivity index (χ1n) is 4.45. The average Bonchev–Trinajstić information content (AvgIpc) is 2.49. The zero-order valence-corrected chi connectivity index (χ0v) is 7.76. The first-order valence-corrected chi connectivity index (χ1v) is 4.45. The van der Waals surface area contributed by atoms with Gasteiger partial charge in [-0.3, -0.25) is 0 Å². The van der Waals surface area contributed by atoms with Crippen molar-refractivity contribution in [3.63, 3.8) is 0 Å². The van der Waals surface area contributed by atoms with Crippen LogP contribution in [-0.2, 0) is 0 Å². The lowest BCUT2D eigenvalue weighted by Crippen LogP contribution is -1.86. The third kappa shape index (κ3) is 1.22. The summed E-state index contributed by atoms with van der Waals surface area (Å²) in [5.41, 5.74) is 1.93. The molecule has 0 atom stereocenters. The van der Waals surface area contributed by atoms with Crippen LogP contribution in [0.25, 0.3) is 10.9 Å². The molecule has 0 radical (unpaired) electrons. The van der Waals surface area contributed by atoms with Gasteiger partial charge in [-0.15, -0.1) is 0 Å². The van der Waals surface area contributed by atoms with Gasteiger partial charge in [-0.1, -0.05) is 19.9 Å². The number of fused-ring (bicyclic) bond motifs is 1. The number of nitrogens with one attached hydrogen (secondary N) is 1. The van der Waals surface area contributed by atoms with E-state index < -0.39 is 0 Å². The van der Waals surface area contributed by atoms with Gasteiger partial charge >= 0.3 is 0 Å². The van der Waals surface area contributed by atoms with Crippen LogP contribution in [0.15, 0.2) is 24.4 Å². The summed E-state index contributed by atoms with van der Waals surface area (Å²) in [5, 5.41) is 0.734. The Kier molecular flexibility index (Phi) is 1.83. The van der Waals surface area contributed by atoms with E-state index in [1.165, 1.54) is 6.07 Å². The molecule has 1 heterocycles. The molecule has 0 saturated heterocycles. The molecule has 0 aliphatic rings. The molecular formula is C11H12FN. The smallest absolute Gasteiger partial charge is 0.132 e. The monoisotopic (exact) mass is 177 g/mol. The van der Waals surface area contributed by atoms with Gasteiger partial charge in [0, 0.05) is 17.1 Å². The zero-order chi connectivity index (χ0) is 9.42. The highest BCUT2D eigenvalue weighted by atomic mass is 19.1. The van der Waals surface area contributed by atoms with Crippen molar-refractivity contribution in [1.29, 1.82) is 0 Å². The summed E-state index contributed by atoms with van der Waals surface area (Å²) in [4.78, 5) is 3.07. The van der Waals surface area contributed by atoms with E-state index in [9.17, 15) is 4.39 Å². The zero-order valence-electron chi connectivity index (χ0n) is 7.76. The predicted octanol–water partition coefficient (Wildman–Crippen LogP) is 3.43. The Bertz CT molecular complexity index is 429. The van der Waals surface area contributed by atoms with Crippen molar-refractivity contribution in [2.24, 2.45) is 0 Å². The fourth-order valence-electron chi connectivity index (χ4n) is 1.62. The Morgan fingerprint density at radius 1 is 1.31 bits per heavy atom. The molecule has 2 aromatic rings. The standard InChI is InChI=1S/C11H12FN/c1-7(2)8-6-13-10-5-3-4-9(12)11(8)10/h3-7,13H,1-2H3. The first-order chi connectivity index (χ1) is 6.20. The molecule has 0 aliphatic heterocycles. The molecule has 0 saturated carbocycles. The molecule has 1 N–H and O–H groups in total. The molecule has 2 heteroatoms. The topological polar surface area (TPSA) is 15.8 Å². The number of aromatic nitrogens is 1. The van der Waals surface area contributed by atoms with E-state index in [0.29, 0.717) is 5.92 Å². The maximum Gasteiger partial charge on any atom is 0.132 e. The summed E-state index contributed by atoms with van der Waals surface area (Å²) in [7, 11) is 0. The van der Waals surface area contributed by atoms with Crippen LogP contribution in [0.1, 0.15) is 25.3 Å². The van der Waals surface area contributed by atoms with Gasteiger partial charge < -0.3 is 4.98 Å². The van der Waals surface area contributed by atoms with Gasteiger partial charge in [-0.05, 0) is 23.6 Å². The summed E-state index contributed by atoms with van der Waals surface area (Å²) >= 11 is 0. The first kappa shape index (κ1) is 8.30. The molecule has 0 aliphatic carbocycles. The molecule has 0 bridgehead atoms. The van der Waals surface area contributed by atoms with Crippen LogP contribution < -0.4 is 0 Å². The Labute approximate surface area is 76.6 Å². The lowest BCUT2D eigenvalue weighted by molar-refractivity contribution is 0.638. The van der Waals surface area contributed by atoms with Gasteiger partial charge in [0.15, 0.2) is 0 Å². The molecule has 0 unspecified atom stereocenters. The third-order valence-electron chi connectivity index (χ3n) is 2.31. The average molecular weight is 177 g/mol. The van der Waals surface area contributed by atoms with Crippen LogP contribution >= 0.6 is 0 Å². The van der Waals surface area contributed by atoms with Crippen molar-refractivity contribution >= 4 is 10.9 Å². The number of H-pyrrole nitrogens is 1. The van der Waals surface area contributed by atoms with E-state index >= 15 is 0 Å². The van der Waals surface area contributed by atoms with E-state index in [-0.39, 0.29) is 5.82 Å². The number of hydrogen-bond acceptors (Lipinski definition) is 0. The van der Waals surface area contributed by atoms with Gasteiger partial charge in [0.25, 0.3) is 0 Å². The van der Waals surface area contributed by atoms with Gasteiger partial charge in [0.05, 0.1) is 0 Å². The highest BCUT2D eigenvalue weighted by Gasteiger charge is 2.10. The number of aromatic amines is 1. The van der Waals surface area contributed by atoms with Crippen molar-refractivity contribution in [2.45, 2.75) is 19.8 Å². The normalized spacial score (nSPS) is 11.4. The summed E-state index contributed by atoms with van der Waals surface area (Å²) in [6, 6.07) is 5.12. The molecular weight excluding hydrogens is 165 g/mol. The minimum atomic E-state index is -0.137. The highest BCUT2D eigenvalue weighted by molar-refractivity contribution is 5.84. The van der Waals surface area contributed by atoms with Crippen molar-refractivity contribution in [3.05, 3.63) is 35.8 Å². The Morgan fingerprint density at radius 2 is 2.08 bits per heavy atom. The summed E-state index contributed by atoms with van der Waals surface area (Å²) in [6.45, 7) is 4.13. The lowest BCUT2D eigenvalue weighted by Gasteiger charge is -2.02. The van der Waals surface area contributed by atoms with Gasteiger partial charge in [-0.25, -0.2) is 4.39 Å². The second-order valence-electron chi connectivity index (χ2n) is 3.56. The number of halogens is 1. The van der Waals surface area contributed by atoms with E-state index in [4.69, 9.17) is 0 Å². The van der Waals surface area contributed by atoms with Crippen molar-refractivity contribution in [3.8, 4) is 0 Å². The summed E-state index contributed by atoms with van der Waals surface area (Å²) in [5.74, 6) is 0.216. The SMILES string of the molecule is CC(C)c1c[nH]c2cccc(F)c12. The Balaban J connectivity index is 2.79. The van der Waals surface area contributed by atoms with Crippen LogP contribution in [0.3, 0.4) is 0 Å². The molecule has 0 fully saturated rings. The van der Waals surface area contributed by atoms with Crippen LogP contribution in [0, 0.1) is 5.82 Å². The van der Waals surface area contributed by atoms with E-state index in [0.717, 1.165) is 16.5 Å². The molecule has 1 nitrogen and oxygen atoms in total. The molecule has 13 heavy (non-hydrogen) atoms. The molecule has 0 amide bonds. The molecule has 68 valence electrons. The van der Waals surface area contributed by atoms with Crippen LogP contribution in [0.4, 0.5) is 4.39 Å². The van der Waals surface area contributed by atoms with Gasteiger partial charge in [0.2, 0.25) is 0 Å². The number of hydrogen-bond donors (Lipinski definition) is 1. The Hall–Kier alpha value is -1.31. The maximum absolute atomic E-state index is 13.4. The van der Waals surface area contributed by atoms with Crippen molar-refractivity contribution in [2.75, 3.05) is 0 Å². The molecule has 0 spiro atoms. The van der Waals surface area contributed by atoms with Gasteiger partial charge in [-0.2, -0.15) is 0 Å². The van der Waals surface area contributed by atoms with Crippen molar-refractivity contribution in [1.82, 2.24) is 4.98 Å². The Morgan fingerprint density at radius 3 is 2.77 bits per heavy atom. The summed E-state index contributed by atoms with van der Waals surface area (Å²) < 4.78 is 13.4. The van der Waals surface area contributed by atoms with E-state index in [2.05, 4.69) is 18.8 Å². The van der Waals surface area contributed by atoms with Gasteiger partial charge in [0.1, 0.15) is 5.82 Å². The largest absolute Gasteiger partial charge is 0.361 e. The fourth-order valence-corrected chi connectivity index (χ4v) is 1.62. The highest BCUT2D eigenvalue weighted by Crippen LogP contribution is 2.26. The van der Waals surface area contributed by atoms with Crippen LogP contribution in [-0.4, -0.2) is 4.98 Å². The number of benzene rings is 1.